The Hall–Kier alpha value is -2.20. The first kappa shape index (κ1) is 13.8. The van der Waals surface area contributed by atoms with Gasteiger partial charge in [-0.1, -0.05) is 18.2 Å². The Bertz CT molecular complexity index is 889. The van der Waals surface area contributed by atoms with Crippen LogP contribution >= 0.6 is 11.6 Å². The zero-order valence-corrected chi connectivity index (χ0v) is 12.1. The summed E-state index contributed by atoms with van der Waals surface area (Å²) >= 11 is 5.93. The quantitative estimate of drug-likeness (QED) is 0.678. The van der Waals surface area contributed by atoms with Crippen molar-refractivity contribution in [2.24, 2.45) is 0 Å². The predicted octanol–water partition coefficient (Wildman–Crippen LogP) is 3.57. The van der Waals surface area contributed by atoms with E-state index in [1.807, 2.05) is 13.0 Å². The van der Waals surface area contributed by atoms with Crippen LogP contribution in [0.1, 0.15) is 11.4 Å². The van der Waals surface area contributed by atoms with Gasteiger partial charge < -0.3 is 0 Å². The minimum atomic E-state index is -0.406. The maximum atomic E-state index is 13.5. The van der Waals surface area contributed by atoms with Crippen molar-refractivity contribution in [3.05, 3.63) is 70.0 Å². The molecule has 0 atom stereocenters. The van der Waals surface area contributed by atoms with Crippen LogP contribution in [0.15, 0.2) is 47.3 Å². The van der Waals surface area contributed by atoms with Crippen LogP contribution in [0.2, 0.25) is 0 Å². The smallest absolute Gasteiger partial charge is 0.266 e. The van der Waals surface area contributed by atoms with Crippen molar-refractivity contribution >= 4 is 22.5 Å². The van der Waals surface area contributed by atoms with E-state index in [1.54, 1.807) is 24.3 Å². The Morgan fingerprint density at radius 2 is 2.00 bits per heavy atom. The van der Waals surface area contributed by atoms with Gasteiger partial charge in [0.1, 0.15) is 11.6 Å². The van der Waals surface area contributed by atoms with Gasteiger partial charge in [0.05, 0.1) is 22.5 Å². The summed E-state index contributed by atoms with van der Waals surface area (Å²) < 4.78 is 14.9. The summed E-state index contributed by atoms with van der Waals surface area (Å²) in [6.07, 6.45) is 0. The van der Waals surface area contributed by atoms with Gasteiger partial charge in [0.15, 0.2) is 0 Å². The zero-order chi connectivity index (χ0) is 15.0. The lowest BCUT2D eigenvalue weighted by Crippen LogP contribution is -2.24. The molecule has 0 amide bonds. The summed E-state index contributed by atoms with van der Waals surface area (Å²) in [5.74, 6) is 0.0565. The number of aromatic nitrogens is 2. The van der Waals surface area contributed by atoms with Gasteiger partial charge in [0, 0.05) is 0 Å². The third-order valence-corrected chi connectivity index (χ3v) is 3.62. The largest absolute Gasteiger partial charge is 0.268 e. The fraction of sp³-hybridized carbons (Fsp3) is 0.125. The van der Waals surface area contributed by atoms with E-state index in [0.29, 0.717) is 22.4 Å². The van der Waals surface area contributed by atoms with Crippen molar-refractivity contribution < 1.29 is 4.39 Å². The van der Waals surface area contributed by atoms with Crippen LogP contribution in [0.25, 0.3) is 16.6 Å². The molecule has 21 heavy (non-hydrogen) atoms. The number of nitrogens with zero attached hydrogens (tertiary/aromatic N) is 2. The Labute approximate surface area is 125 Å². The average Bonchev–Trinajstić information content (AvgIpc) is 2.50. The molecule has 3 rings (SSSR count). The molecule has 2 aromatic carbocycles. The molecule has 0 unspecified atom stereocenters. The lowest BCUT2D eigenvalue weighted by atomic mass is 10.1. The second kappa shape index (κ2) is 5.30. The van der Waals surface area contributed by atoms with Gasteiger partial charge in [-0.15, -0.1) is 11.6 Å². The van der Waals surface area contributed by atoms with E-state index >= 15 is 0 Å². The van der Waals surface area contributed by atoms with Crippen LogP contribution in [0.4, 0.5) is 4.39 Å². The number of rotatable bonds is 2. The van der Waals surface area contributed by atoms with Crippen molar-refractivity contribution in [1.82, 2.24) is 9.55 Å². The van der Waals surface area contributed by atoms with Gasteiger partial charge >= 0.3 is 0 Å². The van der Waals surface area contributed by atoms with E-state index in [2.05, 4.69) is 4.98 Å². The van der Waals surface area contributed by atoms with Gasteiger partial charge in [-0.2, -0.15) is 0 Å². The topological polar surface area (TPSA) is 34.9 Å². The Morgan fingerprint density at radius 3 is 2.76 bits per heavy atom. The van der Waals surface area contributed by atoms with Crippen LogP contribution in [0.5, 0.6) is 0 Å². The zero-order valence-electron chi connectivity index (χ0n) is 11.3. The van der Waals surface area contributed by atoms with E-state index < -0.39 is 5.82 Å². The van der Waals surface area contributed by atoms with Crippen LogP contribution in [0, 0.1) is 12.7 Å². The molecule has 1 heterocycles. The SMILES string of the molecule is Cc1ccc(F)cc1-n1c(CCl)nc2ccccc2c1=O. The number of fused-ring (bicyclic) bond motifs is 1. The lowest BCUT2D eigenvalue weighted by molar-refractivity contribution is 0.625. The van der Waals surface area contributed by atoms with Gasteiger partial charge in [0.2, 0.25) is 0 Å². The van der Waals surface area contributed by atoms with Crippen molar-refractivity contribution in [3.8, 4) is 5.69 Å². The first-order valence-electron chi connectivity index (χ1n) is 6.45. The van der Waals surface area contributed by atoms with Crippen molar-refractivity contribution in [2.45, 2.75) is 12.8 Å². The Kier molecular flexibility index (Phi) is 3.47. The van der Waals surface area contributed by atoms with E-state index in [1.165, 1.54) is 16.7 Å². The highest BCUT2D eigenvalue weighted by molar-refractivity contribution is 6.16. The molecule has 0 saturated carbocycles. The van der Waals surface area contributed by atoms with Gasteiger partial charge in [0.25, 0.3) is 5.56 Å². The highest BCUT2D eigenvalue weighted by atomic mass is 35.5. The maximum Gasteiger partial charge on any atom is 0.266 e. The molecule has 0 bridgehead atoms. The van der Waals surface area contributed by atoms with E-state index in [-0.39, 0.29) is 11.4 Å². The summed E-state index contributed by atoms with van der Waals surface area (Å²) in [5, 5.41) is 0.482. The molecule has 3 nitrogen and oxygen atoms in total. The second-order valence-corrected chi connectivity index (χ2v) is 5.02. The molecule has 0 saturated heterocycles. The molecular weight excluding hydrogens is 291 g/mol. The highest BCUT2D eigenvalue weighted by Gasteiger charge is 2.14. The van der Waals surface area contributed by atoms with E-state index in [9.17, 15) is 9.18 Å². The van der Waals surface area contributed by atoms with Gasteiger partial charge in [-0.3, -0.25) is 9.36 Å². The number of alkyl halides is 1. The first-order chi connectivity index (χ1) is 10.1. The number of para-hydroxylation sites is 1. The number of aryl methyl sites for hydroxylation is 1. The maximum absolute atomic E-state index is 13.5. The summed E-state index contributed by atoms with van der Waals surface area (Å²) in [6.45, 7) is 1.81. The van der Waals surface area contributed by atoms with Crippen molar-refractivity contribution in [1.29, 1.82) is 0 Å². The van der Waals surface area contributed by atoms with Crippen LogP contribution < -0.4 is 5.56 Å². The fourth-order valence-electron chi connectivity index (χ4n) is 2.34. The van der Waals surface area contributed by atoms with Gasteiger partial charge in [-0.25, -0.2) is 9.37 Å². The lowest BCUT2D eigenvalue weighted by Gasteiger charge is -2.14. The molecule has 3 aromatic rings. The molecular formula is C16H12ClFN2O. The third kappa shape index (κ3) is 2.32. The molecule has 0 spiro atoms. The van der Waals surface area contributed by atoms with Crippen LogP contribution in [-0.2, 0) is 5.88 Å². The average molecular weight is 303 g/mol. The fourth-order valence-corrected chi connectivity index (χ4v) is 2.52. The molecule has 5 heteroatoms. The molecule has 0 fully saturated rings. The van der Waals surface area contributed by atoms with Crippen molar-refractivity contribution in [2.75, 3.05) is 0 Å². The van der Waals surface area contributed by atoms with Crippen LogP contribution in [-0.4, -0.2) is 9.55 Å². The Morgan fingerprint density at radius 1 is 1.24 bits per heavy atom. The molecule has 106 valence electrons. The normalized spacial score (nSPS) is 11.0. The summed E-state index contributed by atoms with van der Waals surface area (Å²) in [6, 6.07) is 11.4. The highest BCUT2D eigenvalue weighted by Crippen LogP contribution is 2.18. The molecule has 0 aliphatic heterocycles. The number of hydrogen-bond acceptors (Lipinski definition) is 2. The first-order valence-corrected chi connectivity index (χ1v) is 6.98. The number of hydrogen-bond donors (Lipinski definition) is 0. The standard InChI is InChI=1S/C16H12ClFN2O/c1-10-6-7-11(18)8-14(10)20-15(9-17)19-13-5-3-2-4-12(13)16(20)21/h2-8H,9H2,1H3. The second-order valence-electron chi connectivity index (χ2n) is 4.75. The summed E-state index contributed by atoms with van der Waals surface area (Å²) in [5.41, 5.74) is 1.59. The number of halogens is 2. The predicted molar refractivity (Wildman–Crippen MR) is 81.6 cm³/mol. The Balaban J connectivity index is 2.44. The molecule has 0 aliphatic rings. The third-order valence-electron chi connectivity index (χ3n) is 3.38. The van der Waals surface area contributed by atoms with Gasteiger partial charge in [-0.05, 0) is 36.8 Å². The summed E-state index contributed by atoms with van der Waals surface area (Å²) in [4.78, 5) is 17.1. The molecule has 1 aromatic heterocycles. The summed E-state index contributed by atoms with van der Waals surface area (Å²) in [7, 11) is 0. The molecule has 0 aliphatic carbocycles. The molecule has 0 radical (unpaired) electrons. The van der Waals surface area contributed by atoms with Crippen molar-refractivity contribution in [3.63, 3.8) is 0 Å². The number of benzene rings is 2. The monoisotopic (exact) mass is 302 g/mol. The molecule has 0 N–H and O–H groups in total. The minimum absolute atomic E-state index is 0.0655. The van der Waals surface area contributed by atoms with E-state index in [0.717, 1.165) is 5.56 Å². The minimum Gasteiger partial charge on any atom is -0.268 e. The van der Waals surface area contributed by atoms with Crippen LogP contribution in [0.3, 0.4) is 0 Å². The van der Waals surface area contributed by atoms with E-state index in [4.69, 9.17) is 11.6 Å².